The van der Waals surface area contributed by atoms with E-state index in [1.807, 2.05) is 0 Å². The van der Waals surface area contributed by atoms with Gasteiger partial charge in [-0.3, -0.25) is 10.1 Å². The van der Waals surface area contributed by atoms with Gasteiger partial charge in [-0.2, -0.15) is 0 Å². The largest absolute Gasteiger partial charge is 0.495 e. The number of hydrogen-bond acceptors (Lipinski definition) is 5. The van der Waals surface area contributed by atoms with Crippen LogP contribution >= 0.6 is 11.6 Å². The standard InChI is InChI=1S/C9H8ClNO5/c1-15-7-4-5(9(12)16-2)3-6(8(7)10)11(13)14/h3-4H,1-2H3. The summed E-state index contributed by atoms with van der Waals surface area (Å²) in [6.45, 7) is 0. The third-order valence-electron chi connectivity index (χ3n) is 1.86. The van der Waals surface area contributed by atoms with E-state index in [4.69, 9.17) is 16.3 Å². The summed E-state index contributed by atoms with van der Waals surface area (Å²) in [5.74, 6) is -0.644. The maximum absolute atomic E-state index is 11.2. The Bertz CT molecular complexity index is 446. The van der Waals surface area contributed by atoms with Crippen LogP contribution in [0.5, 0.6) is 5.75 Å². The fourth-order valence-corrected chi connectivity index (χ4v) is 1.36. The summed E-state index contributed by atoms with van der Waals surface area (Å²) in [5, 5.41) is 10.5. The normalized spacial score (nSPS) is 9.69. The highest BCUT2D eigenvalue weighted by atomic mass is 35.5. The molecule has 0 aromatic heterocycles. The lowest BCUT2D eigenvalue weighted by atomic mass is 10.2. The number of methoxy groups -OCH3 is 2. The molecule has 0 unspecified atom stereocenters. The number of nitro benzene ring substituents is 1. The molecule has 1 rings (SSSR count). The highest BCUT2D eigenvalue weighted by Crippen LogP contribution is 2.35. The Labute approximate surface area is 95.9 Å². The Kier molecular flexibility index (Phi) is 3.68. The molecule has 0 N–H and O–H groups in total. The SMILES string of the molecule is COC(=O)c1cc(OC)c(Cl)c([N+](=O)[O-])c1. The molecule has 1 aromatic rings. The van der Waals surface area contributed by atoms with E-state index in [0.29, 0.717) is 0 Å². The van der Waals surface area contributed by atoms with E-state index >= 15 is 0 Å². The predicted molar refractivity (Wildman–Crippen MR) is 56.0 cm³/mol. The second kappa shape index (κ2) is 4.80. The molecule has 0 bridgehead atoms. The Balaban J connectivity index is 3.40. The van der Waals surface area contributed by atoms with Crippen LogP contribution in [0.4, 0.5) is 5.69 Å². The van der Waals surface area contributed by atoms with Crippen LogP contribution in [0.3, 0.4) is 0 Å². The molecule has 86 valence electrons. The maximum atomic E-state index is 11.2. The molecule has 0 aliphatic rings. The monoisotopic (exact) mass is 245 g/mol. The molecule has 0 spiro atoms. The van der Waals surface area contributed by atoms with E-state index in [2.05, 4.69) is 4.74 Å². The van der Waals surface area contributed by atoms with Gasteiger partial charge in [0.05, 0.1) is 24.7 Å². The van der Waals surface area contributed by atoms with E-state index in [0.717, 1.165) is 6.07 Å². The molecular formula is C9H8ClNO5. The van der Waals surface area contributed by atoms with Gasteiger partial charge in [-0.05, 0) is 6.07 Å². The number of halogens is 1. The van der Waals surface area contributed by atoms with Crippen LogP contribution < -0.4 is 4.74 Å². The third-order valence-corrected chi connectivity index (χ3v) is 2.24. The average Bonchev–Trinajstić information content (AvgIpc) is 2.27. The zero-order valence-corrected chi connectivity index (χ0v) is 9.28. The van der Waals surface area contributed by atoms with Gasteiger partial charge in [0.2, 0.25) is 0 Å². The van der Waals surface area contributed by atoms with Crippen molar-refractivity contribution < 1.29 is 19.2 Å². The summed E-state index contributed by atoms with van der Waals surface area (Å²) < 4.78 is 9.28. The maximum Gasteiger partial charge on any atom is 0.338 e. The molecule has 7 heteroatoms. The summed E-state index contributed by atoms with van der Waals surface area (Å²) in [6.07, 6.45) is 0. The van der Waals surface area contributed by atoms with E-state index in [1.165, 1.54) is 20.3 Å². The van der Waals surface area contributed by atoms with Crippen LogP contribution in [0.2, 0.25) is 5.02 Å². The van der Waals surface area contributed by atoms with Crippen molar-refractivity contribution in [3.8, 4) is 5.75 Å². The Hall–Kier alpha value is -1.82. The van der Waals surface area contributed by atoms with Crippen molar-refractivity contribution in [2.45, 2.75) is 0 Å². The van der Waals surface area contributed by atoms with Crippen molar-refractivity contribution in [2.24, 2.45) is 0 Å². The number of hydrogen-bond donors (Lipinski definition) is 0. The van der Waals surface area contributed by atoms with Gasteiger partial charge >= 0.3 is 5.97 Å². The Morgan fingerprint density at radius 2 is 2.06 bits per heavy atom. The molecule has 16 heavy (non-hydrogen) atoms. The first-order valence-electron chi connectivity index (χ1n) is 4.11. The highest BCUT2D eigenvalue weighted by molar-refractivity contribution is 6.34. The van der Waals surface area contributed by atoms with Gasteiger partial charge < -0.3 is 9.47 Å². The van der Waals surface area contributed by atoms with Gasteiger partial charge in [-0.15, -0.1) is 0 Å². The van der Waals surface area contributed by atoms with Crippen LogP contribution in [0.15, 0.2) is 12.1 Å². The van der Waals surface area contributed by atoms with Crippen LogP contribution in [0, 0.1) is 10.1 Å². The summed E-state index contributed by atoms with van der Waals surface area (Å²) in [6, 6.07) is 2.32. The molecule has 0 amide bonds. The molecule has 1 aromatic carbocycles. The van der Waals surface area contributed by atoms with Crippen molar-refractivity contribution in [1.29, 1.82) is 0 Å². The zero-order valence-electron chi connectivity index (χ0n) is 8.52. The lowest BCUT2D eigenvalue weighted by Gasteiger charge is -2.06. The topological polar surface area (TPSA) is 78.7 Å². The number of nitrogens with zero attached hydrogens (tertiary/aromatic N) is 1. The highest BCUT2D eigenvalue weighted by Gasteiger charge is 2.21. The van der Waals surface area contributed by atoms with Gasteiger partial charge in [0, 0.05) is 6.07 Å². The lowest BCUT2D eigenvalue weighted by molar-refractivity contribution is -0.384. The molecule has 0 aliphatic carbocycles. The van der Waals surface area contributed by atoms with Gasteiger partial charge in [0.1, 0.15) is 5.75 Å². The summed E-state index contributed by atoms with van der Waals surface area (Å²) in [4.78, 5) is 21.2. The quantitative estimate of drug-likeness (QED) is 0.463. The molecule has 0 saturated heterocycles. The Morgan fingerprint density at radius 3 is 2.50 bits per heavy atom. The second-order valence-electron chi connectivity index (χ2n) is 2.76. The van der Waals surface area contributed by atoms with Crippen molar-refractivity contribution in [3.05, 3.63) is 32.8 Å². The third kappa shape index (κ3) is 2.22. The van der Waals surface area contributed by atoms with E-state index in [9.17, 15) is 14.9 Å². The minimum Gasteiger partial charge on any atom is -0.495 e. The van der Waals surface area contributed by atoms with Gasteiger partial charge in [-0.1, -0.05) is 11.6 Å². The van der Waals surface area contributed by atoms with Crippen LogP contribution in [0.25, 0.3) is 0 Å². The first-order valence-corrected chi connectivity index (χ1v) is 4.49. The molecule has 6 nitrogen and oxygen atoms in total. The molecule has 0 fully saturated rings. The molecule has 0 saturated carbocycles. The van der Waals surface area contributed by atoms with Gasteiger partial charge in [0.15, 0.2) is 5.02 Å². The lowest BCUT2D eigenvalue weighted by Crippen LogP contribution is -2.03. The second-order valence-corrected chi connectivity index (χ2v) is 3.14. The minimum absolute atomic E-state index is 0.00968. The molecule has 0 atom stereocenters. The van der Waals surface area contributed by atoms with E-state index in [-0.39, 0.29) is 16.3 Å². The number of carbonyl (C=O) groups is 1. The fourth-order valence-electron chi connectivity index (χ4n) is 1.10. The summed E-state index contributed by atoms with van der Waals surface area (Å²) >= 11 is 5.70. The van der Waals surface area contributed by atoms with Crippen molar-refractivity contribution in [3.63, 3.8) is 0 Å². The summed E-state index contributed by atoms with van der Waals surface area (Å²) in [7, 11) is 2.47. The van der Waals surface area contributed by atoms with Crippen LogP contribution in [-0.2, 0) is 4.74 Å². The number of esters is 1. The van der Waals surface area contributed by atoms with E-state index < -0.39 is 16.6 Å². The number of nitro groups is 1. The number of carbonyl (C=O) groups excluding carboxylic acids is 1. The fraction of sp³-hybridized carbons (Fsp3) is 0.222. The predicted octanol–water partition coefficient (Wildman–Crippen LogP) is 2.04. The number of rotatable bonds is 3. The number of benzene rings is 1. The molecule has 0 radical (unpaired) electrons. The first kappa shape index (κ1) is 12.3. The van der Waals surface area contributed by atoms with E-state index in [1.54, 1.807) is 0 Å². The smallest absolute Gasteiger partial charge is 0.338 e. The van der Waals surface area contributed by atoms with Crippen LogP contribution in [-0.4, -0.2) is 25.1 Å². The zero-order chi connectivity index (χ0) is 12.3. The molecular weight excluding hydrogens is 238 g/mol. The van der Waals surface area contributed by atoms with Crippen molar-refractivity contribution in [1.82, 2.24) is 0 Å². The van der Waals surface area contributed by atoms with Crippen molar-refractivity contribution >= 4 is 23.3 Å². The van der Waals surface area contributed by atoms with Gasteiger partial charge in [0.25, 0.3) is 5.69 Å². The number of ether oxygens (including phenoxy) is 2. The average molecular weight is 246 g/mol. The van der Waals surface area contributed by atoms with Gasteiger partial charge in [-0.25, -0.2) is 4.79 Å². The first-order chi connectivity index (χ1) is 7.51. The molecule has 0 aliphatic heterocycles. The Morgan fingerprint density at radius 1 is 1.44 bits per heavy atom. The van der Waals surface area contributed by atoms with Crippen LogP contribution in [0.1, 0.15) is 10.4 Å². The molecule has 0 heterocycles. The minimum atomic E-state index is -0.697. The van der Waals surface area contributed by atoms with Crippen molar-refractivity contribution in [2.75, 3.05) is 14.2 Å². The summed E-state index contributed by atoms with van der Waals surface area (Å²) in [5.41, 5.74) is -0.392.